The van der Waals surface area contributed by atoms with Crippen LogP contribution in [0.1, 0.15) is 18.6 Å². The lowest BCUT2D eigenvalue weighted by molar-refractivity contribution is 0.156. The predicted molar refractivity (Wildman–Crippen MR) is 56.3 cm³/mol. The van der Waals surface area contributed by atoms with E-state index in [0.717, 1.165) is 0 Å². The van der Waals surface area contributed by atoms with E-state index in [4.69, 9.17) is 0 Å². The van der Waals surface area contributed by atoms with Crippen molar-refractivity contribution in [3.05, 3.63) is 29.8 Å². The summed E-state index contributed by atoms with van der Waals surface area (Å²) in [5, 5.41) is 9.47. The molecule has 0 heterocycles. The lowest BCUT2D eigenvalue weighted by atomic mass is 10.1. The molecule has 0 radical (unpaired) electrons. The van der Waals surface area contributed by atoms with Crippen LogP contribution < -0.4 is 4.90 Å². The van der Waals surface area contributed by atoms with Gasteiger partial charge >= 0.3 is 0 Å². The minimum atomic E-state index is -2.38. The number of aliphatic hydroxyl groups is 1. The molecule has 0 aliphatic carbocycles. The first kappa shape index (κ1) is 11.9. The highest BCUT2D eigenvalue weighted by molar-refractivity contribution is 5.53. The van der Waals surface area contributed by atoms with Crippen molar-refractivity contribution in [1.29, 1.82) is 0 Å². The van der Waals surface area contributed by atoms with Gasteiger partial charge in [0.1, 0.15) is 0 Å². The summed E-state index contributed by atoms with van der Waals surface area (Å²) in [6.45, 7) is 1.29. The molecule has 0 aromatic heterocycles. The number of aliphatic hydroxyl groups excluding tert-OH is 1. The van der Waals surface area contributed by atoms with Gasteiger partial charge in [-0.05, 0) is 13.0 Å². The van der Waals surface area contributed by atoms with Gasteiger partial charge in [-0.3, -0.25) is 0 Å². The van der Waals surface area contributed by atoms with Crippen molar-refractivity contribution >= 4 is 5.69 Å². The Bertz CT molecular complexity index is 315. The fourth-order valence-corrected chi connectivity index (χ4v) is 1.49. The summed E-state index contributed by atoms with van der Waals surface area (Å²) in [5.41, 5.74) is 1.31. The number of halogens is 2. The van der Waals surface area contributed by atoms with Crippen LogP contribution in [0.25, 0.3) is 0 Å². The van der Waals surface area contributed by atoms with Crippen LogP contribution in [0.3, 0.4) is 0 Å². The third-order valence-corrected chi connectivity index (χ3v) is 2.21. The van der Waals surface area contributed by atoms with Gasteiger partial charge in [0, 0.05) is 18.3 Å². The molecule has 0 saturated carbocycles. The van der Waals surface area contributed by atoms with Crippen molar-refractivity contribution in [2.24, 2.45) is 0 Å². The molecule has 4 heteroatoms. The summed E-state index contributed by atoms with van der Waals surface area (Å²) in [6.07, 6.45) is -3.03. The quantitative estimate of drug-likeness (QED) is 0.833. The monoisotopic (exact) mass is 215 g/mol. The first-order valence-electron chi connectivity index (χ1n) is 4.78. The Hall–Kier alpha value is -1.16. The summed E-state index contributed by atoms with van der Waals surface area (Å²) < 4.78 is 24.4. The van der Waals surface area contributed by atoms with E-state index in [0.29, 0.717) is 11.3 Å². The highest BCUT2D eigenvalue weighted by Crippen LogP contribution is 2.25. The van der Waals surface area contributed by atoms with Crippen LogP contribution >= 0.6 is 0 Å². The summed E-state index contributed by atoms with van der Waals surface area (Å²) in [6, 6.07) is 7.01. The van der Waals surface area contributed by atoms with Gasteiger partial charge in [-0.1, -0.05) is 18.2 Å². The largest absolute Gasteiger partial charge is 0.389 e. The van der Waals surface area contributed by atoms with Crippen LogP contribution in [-0.2, 0) is 0 Å². The predicted octanol–water partition coefficient (Wildman–Crippen LogP) is 2.44. The van der Waals surface area contributed by atoms with Gasteiger partial charge in [0.15, 0.2) is 0 Å². The Kier molecular flexibility index (Phi) is 4.03. The summed E-state index contributed by atoms with van der Waals surface area (Å²) in [5.74, 6) is 0. The van der Waals surface area contributed by atoms with Crippen LogP contribution in [0, 0.1) is 0 Å². The van der Waals surface area contributed by atoms with Gasteiger partial charge in [-0.25, -0.2) is 8.78 Å². The zero-order chi connectivity index (χ0) is 11.4. The first-order valence-corrected chi connectivity index (χ1v) is 4.78. The third-order valence-electron chi connectivity index (χ3n) is 2.21. The average Bonchev–Trinajstić information content (AvgIpc) is 2.16. The number of alkyl halides is 2. The zero-order valence-electron chi connectivity index (χ0n) is 8.82. The number of rotatable bonds is 4. The van der Waals surface area contributed by atoms with Crippen LogP contribution in [0.2, 0.25) is 0 Å². The number of para-hydroxylation sites is 1. The standard InChI is InChI=1S/C11H15F2NO/c1-8(15)9-5-3-4-6-10(9)14(2)7-11(12)13/h3-6,8,11,15H,7H2,1-2H3/t8-/m0/s1. The van der Waals surface area contributed by atoms with E-state index < -0.39 is 12.5 Å². The smallest absolute Gasteiger partial charge is 0.255 e. The summed E-state index contributed by atoms with van der Waals surface area (Å²) in [7, 11) is 1.59. The molecule has 1 rings (SSSR count). The maximum atomic E-state index is 12.2. The van der Waals surface area contributed by atoms with E-state index in [9.17, 15) is 13.9 Å². The maximum Gasteiger partial charge on any atom is 0.255 e. The van der Waals surface area contributed by atoms with E-state index in [1.54, 1.807) is 38.2 Å². The zero-order valence-corrected chi connectivity index (χ0v) is 8.82. The molecular formula is C11H15F2NO. The van der Waals surface area contributed by atoms with Crippen molar-refractivity contribution in [3.63, 3.8) is 0 Å². The fourth-order valence-electron chi connectivity index (χ4n) is 1.49. The molecule has 0 amide bonds. The molecule has 1 aromatic carbocycles. The molecule has 0 aliphatic heterocycles. The Balaban J connectivity index is 2.92. The number of nitrogens with zero attached hydrogens (tertiary/aromatic N) is 1. The average molecular weight is 215 g/mol. The van der Waals surface area contributed by atoms with Crippen LogP contribution in [-0.4, -0.2) is 25.1 Å². The highest BCUT2D eigenvalue weighted by atomic mass is 19.3. The lowest BCUT2D eigenvalue weighted by Crippen LogP contribution is -2.25. The van der Waals surface area contributed by atoms with E-state index in [1.165, 1.54) is 4.90 Å². The maximum absolute atomic E-state index is 12.2. The molecule has 1 atom stereocenters. The Morgan fingerprint density at radius 1 is 1.33 bits per heavy atom. The van der Waals surface area contributed by atoms with E-state index in [1.807, 2.05) is 0 Å². The Morgan fingerprint density at radius 3 is 2.47 bits per heavy atom. The van der Waals surface area contributed by atoms with E-state index >= 15 is 0 Å². The van der Waals surface area contributed by atoms with E-state index in [-0.39, 0.29) is 6.54 Å². The highest BCUT2D eigenvalue weighted by Gasteiger charge is 2.13. The number of hydrogen-bond acceptors (Lipinski definition) is 2. The third kappa shape index (κ3) is 3.16. The van der Waals surface area contributed by atoms with Crippen molar-refractivity contribution in [1.82, 2.24) is 0 Å². The summed E-state index contributed by atoms with van der Waals surface area (Å²) in [4.78, 5) is 1.45. The minimum absolute atomic E-state index is 0.330. The number of anilines is 1. The van der Waals surface area contributed by atoms with Crippen LogP contribution in [0.15, 0.2) is 24.3 Å². The van der Waals surface area contributed by atoms with Gasteiger partial charge in [0.2, 0.25) is 0 Å². The molecular weight excluding hydrogens is 200 g/mol. The second-order valence-corrected chi connectivity index (χ2v) is 3.51. The van der Waals surface area contributed by atoms with Gasteiger partial charge in [-0.15, -0.1) is 0 Å². The molecule has 0 aliphatic rings. The van der Waals surface area contributed by atoms with Gasteiger partial charge in [0.25, 0.3) is 6.43 Å². The van der Waals surface area contributed by atoms with Crippen molar-refractivity contribution in [3.8, 4) is 0 Å². The van der Waals surface area contributed by atoms with Gasteiger partial charge < -0.3 is 10.0 Å². The molecule has 0 saturated heterocycles. The number of benzene rings is 1. The molecule has 0 fully saturated rings. The Morgan fingerprint density at radius 2 is 1.93 bits per heavy atom. The topological polar surface area (TPSA) is 23.5 Å². The second-order valence-electron chi connectivity index (χ2n) is 3.51. The number of hydrogen-bond donors (Lipinski definition) is 1. The van der Waals surface area contributed by atoms with Crippen molar-refractivity contribution in [2.75, 3.05) is 18.5 Å². The second kappa shape index (κ2) is 5.07. The first-order chi connectivity index (χ1) is 7.02. The molecule has 0 spiro atoms. The lowest BCUT2D eigenvalue weighted by Gasteiger charge is -2.23. The molecule has 15 heavy (non-hydrogen) atoms. The fraction of sp³-hybridized carbons (Fsp3) is 0.455. The normalized spacial score (nSPS) is 12.9. The van der Waals surface area contributed by atoms with E-state index in [2.05, 4.69) is 0 Å². The molecule has 1 N–H and O–H groups in total. The molecule has 2 nitrogen and oxygen atoms in total. The molecule has 1 aromatic rings. The van der Waals surface area contributed by atoms with Gasteiger partial charge in [-0.2, -0.15) is 0 Å². The van der Waals surface area contributed by atoms with Crippen LogP contribution in [0.4, 0.5) is 14.5 Å². The molecule has 84 valence electrons. The molecule has 0 bridgehead atoms. The summed E-state index contributed by atoms with van der Waals surface area (Å²) >= 11 is 0. The van der Waals surface area contributed by atoms with Crippen molar-refractivity contribution < 1.29 is 13.9 Å². The van der Waals surface area contributed by atoms with Gasteiger partial charge in [0.05, 0.1) is 12.6 Å². The van der Waals surface area contributed by atoms with Crippen molar-refractivity contribution in [2.45, 2.75) is 19.5 Å². The molecule has 0 unspecified atom stereocenters. The Labute approximate surface area is 88.1 Å². The SMILES string of the molecule is C[C@H](O)c1ccccc1N(C)CC(F)F. The minimum Gasteiger partial charge on any atom is -0.389 e. The van der Waals surface area contributed by atoms with Crippen LogP contribution in [0.5, 0.6) is 0 Å².